The Labute approximate surface area is 272 Å². The Morgan fingerprint density at radius 3 is 1.75 bits per heavy atom. The maximum absolute atomic E-state index is 11.9. The molecule has 13 heteroatoms. The van der Waals surface area contributed by atoms with Gasteiger partial charge in [0.15, 0.2) is 0 Å². The second-order valence-corrected chi connectivity index (χ2v) is 13.7. The molecule has 258 valence electrons. The number of rotatable bonds is 16. The molecule has 2 aliphatic rings. The zero-order valence-corrected chi connectivity index (χ0v) is 27.9. The molecule has 0 atom stereocenters. The zero-order chi connectivity index (χ0) is 32.5. The fourth-order valence-corrected chi connectivity index (χ4v) is 6.25. The monoisotopic (exact) mass is 693 g/mol. The summed E-state index contributed by atoms with van der Waals surface area (Å²) < 4.78 is 5.34. The minimum Gasteiger partial charge on any atom is -0.481 e. The summed E-state index contributed by atoms with van der Waals surface area (Å²) in [6, 6.07) is 0.798. The van der Waals surface area contributed by atoms with Crippen molar-refractivity contribution in [3.05, 3.63) is 0 Å². The number of hydrogen-bond acceptors (Lipinski definition) is 9. The van der Waals surface area contributed by atoms with E-state index in [4.69, 9.17) is 21.3 Å². The van der Waals surface area contributed by atoms with Gasteiger partial charge in [0.2, 0.25) is 5.91 Å². The smallest absolute Gasteiger partial charge is 0.306 e. The Bertz CT molecular complexity index is 868. The number of ether oxygens (including phenoxy) is 1. The SMILES string of the molecule is C.CC(C)(C)OC(=O)CCC1(CC(=O)O)CCC(NCCN)CC1.NCC1(CC(=O)O)CCC(NCCNC(=O)CBr)CC1. The quantitative estimate of drug-likeness (QED) is 0.0710. The van der Waals surface area contributed by atoms with Crippen molar-refractivity contribution in [2.45, 2.75) is 123 Å². The van der Waals surface area contributed by atoms with E-state index in [1.807, 2.05) is 20.8 Å². The van der Waals surface area contributed by atoms with Gasteiger partial charge in [-0.25, -0.2) is 0 Å². The average Bonchev–Trinajstić information content (AvgIpc) is 2.93. The molecule has 9 N–H and O–H groups in total. The largest absolute Gasteiger partial charge is 0.481 e. The number of carbonyl (C=O) groups excluding carboxylic acids is 2. The fourth-order valence-electron chi connectivity index (χ4n) is 6.05. The molecule has 0 saturated heterocycles. The van der Waals surface area contributed by atoms with E-state index in [9.17, 15) is 24.3 Å². The number of carbonyl (C=O) groups is 4. The lowest BCUT2D eigenvalue weighted by Crippen LogP contribution is -2.44. The van der Waals surface area contributed by atoms with Crippen LogP contribution in [0.4, 0.5) is 0 Å². The number of amides is 1. The predicted octanol–water partition coefficient (Wildman–Crippen LogP) is 3.15. The molecule has 12 nitrogen and oxygen atoms in total. The van der Waals surface area contributed by atoms with Gasteiger partial charge in [-0.05, 0) is 95.9 Å². The molecule has 0 bridgehead atoms. The van der Waals surface area contributed by atoms with Crippen LogP contribution in [0.3, 0.4) is 0 Å². The van der Waals surface area contributed by atoms with Gasteiger partial charge in [0, 0.05) is 44.7 Å². The highest BCUT2D eigenvalue weighted by atomic mass is 79.9. The van der Waals surface area contributed by atoms with E-state index in [0.29, 0.717) is 43.5 Å². The Balaban J connectivity index is 0.000000829. The third-order valence-electron chi connectivity index (χ3n) is 8.44. The van der Waals surface area contributed by atoms with Gasteiger partial charge < -0.3 is 42.4 Å². The highest BCUT2D eigenvalue weighted by Crippen LogP contribution is 2.43. The molecule has 1 amide bonds. The maximum Gasteiger partial charge on any atom is 0.306 e. The van der Waals surface area contributed by atoms with Crippen LogP contribution in [-0.4, -0.2) is 89.8 Å². The Morgan fingerprint density at radius 2 is 1.32 bits per heavy atom. The molecule has 0 radical (unpaired) electrons. The second-order valence-electron chi connectivity index (χ2n) is 13.2. The predicted molar refractivity (Wildman–Crippen MR) is 177 cm³/mol. The summed E-state index contributed by atoms with van der Waals surface area (Å²) in [5.41, 5.74) is 10.3. The summed E-state index contributed by atoms with van der Waals surface area (Å²) in [4.78, 5) is 45.1. The lowest BCUT2D eigenvalue weighted by Gasteiger charge is -2.39. The van der Waals surface area contributed by atoms with E-state index in [0.717, 1.165) is 64.5 Å². The number of esters is 1. The van der Waals surface area contributed by atoms with Gasteiger partial charge in [0.05, 0.1) is 18.2 Å². The lowest BCUT2D eigenvalue weighted by molar-refractivity contribution is -0.156. The van der Waals surface area contributed by atoms with Crippen molar-refractivity contribution in [1.29, 1.82) is 0 Å². The van der Waals surface area contributed by atoms with Crippen molar-refractivity contribution >= 4 is 39.7 Å². The first-order valence-electron chi connectivity index (χ1n) is 15.5. The van der Waals surface area contributed by atoms with Crippen molar-refractivity contribution in [1.82, 2.24) is 16.0 Å². The highest BCUT2D eigenvalue weighted by molar-refractivity contribution is 9.09. The van der Waals surface area contributed by atoms with E-state index in [1.165, 1.54) is 0 Å². The van der Waals surface area contributed by atoms with Crippen LogP contribution in [0.15, 0.2) is 0 Å². The third-order valence-corrected chi connectivity index (χ3v) is 8.95. The summed E-state index contributed by atoms with van der Waals surface area (Å²) >= 11 is 3.09. The van der Waals surface area contributed by atoms with E-state index in [2.05, 4.69) is 31.9 Å². The summed E-state index contributed by atoms with van der Waals surface area (Å²) in [5.74, 6) is -1.81. The molecule has 2 aliphatic carbocycles. The van der Waals surface area contributed by atoms with Crippen LogP contribution in [0.25, 0.3) is 0 Å². The van der Waals surface area contributed by atoms with Gasteiger partial charge >= 0.3 is 17.9 Å². The summed E-state index contributed by atoms with van der Waals surface area (Å²) in [7, 11) is 0. The van der Waals surface area contributed by atoms with Gasteiger partial charge in [-0.1, -0.05) is 23.4 Å². The Hall–Kier alpha value is -1.80. The van der Waals surface area contributed by atoms with Crippen molar-refractivity contribution in [3.63, 3.8) is 0 Å². The van der Waals surface area contributed by atoms with Crippen molar-refractivity contribution < 1.29 is 34.1 Å². The first kappa shape index (κ1) is 42.2. The molecule has 2 rings (SSSR count). The number of carboxylic acids is 2. The maximum atomic E-state index is 11.9. The Kier molecular flexibility index (Phi) is 20.2. The van der Waals surface area contributed by atoms with Gasteiger partial charge in [0.1, 0.15) is 5.60 Å². The normalized spacial score (nSPS) is 25.0. The topological polar surface area (TPSA) is 206 Å². The number of nitrogens with one attached hydrogen (secondary N) is 3. The third kappa shape index (κ3) is 17.6. The van der Waals surface area contributed by atoms with E-state index < -0.39 is 17.5 Å². The van der Waals surface area contributed by atoms with Crippen molar-refractivity contribution in [2.75, 3.05) is 38.1 Å². The molecule has 2 fully saturated rings. The second kappa shape index (κ2) is 21.1. The highest BCUT2D eigenvalue weighted by Gasteiger charge is 2.38. The van der Waals surface area contributed by atoms with Crippen LogP contribution < -0.4 is 27.4 Å². The van der Waals surface area contributed by atoms with Gasteiger partial charge in [0.25, 0.3) is 0 Å². The van der Waals surface area contributed by atoms with E-state index in [1.54, 1.807) is 0 Å². The van der Waals surface area contributed by atoms with Crippen LogP contribution in [0, 0.1) is 10.8 Å². The minimum atomic E-state index is -0.789. The lowest BCUT2D eigenvalue weighted by atomic mass is 9.68. The van der Waals surface area contributed by atoms with Gasteiger partial charge in [-0.3, -0.25) is 19.2 Å². The van der Waals surface area contributed by atoms with Crippen LogP contribution in [0.5, 0.6) is 0 Å². The zero-order valence-electron chi connectivity index (χ0n) is 26.4. The minimum absolute atomic E-state index is 0. The summed E-state index contributed by atoms with van der Waals surface area (Å²) in [5, 5.41) is 28.1. The summed E-state index contributed by atoms with van der Waals surface area (Å²) in [6.07, 6.45) is 8.24. The molecule has 0 aromatic carbocycles. The van der Waals surface area contributed by atoms with E-state index >= 15 is 0 Å². The molecule has 0 heterocycles. The van der Waals surface area contributed by atoms with Crippen molar-refractivity contribution in [2.24, 2.45) is 22.3 Å². The molecule has 0 aromatic rings. The number of carboxylic acid groups (broad SMARTS) is 2. The van der Waals surface area contributed by atoms with Crippen LogP contribution >= 0.6 is 15.9 Å². The first-order valence-corrected chi connectivity index (χ1v) is 16.6. The number of halogens is 1. The molecule has 0 unspecified atom stereocenters. The van der Waals surface area contributed by atoms with Crippen LogP contribution in [0.1, 0.15) is 105 Å². The molecule has 0 aromatic heterocycles. The number of hydrogen-bond donors (Lipinski definition) is 7. The van der Waals surface area contributed by atoms with Gasteiger partial charge in [-0.2, -0.15) is 0 Å². The van der Waals surface area contributed by atoms with Crippen LogP contribution in [-0.2, 0) is 23.9 Å². The van der Waals surface area contributed by atoms with Crippen LogP contribution in [0.2, 0.25) is 0 Å². The number of aliphatic carboxylic acids is 2. The molecule has 0 aliphatic heterocycles. The van der Waals surface area contributed by atoms with Crippen molar-refractivity contribution in [3.8, 4) is 0 Å². The fraction of sp³-hybridized carbons (Fsp3) is 0.871. The van der Waals surface area contributed by atoms with E-state index in [-0.39, 0.29) is 49.4 Å². The first-order chi connectivity index (χ1) is 20.2. The Morgan fingerprint density at radius 1 is 0.841 bits per heavy atom. The standard InChI is InChI=1S/C17H32N2O4.C13H24BrN3O3.CH4/c1-16(2,3)23-15(22)6-9-17(12-14(20)21)7-4-13(5-8-17)19-11-10-18;14-8-11(18)17-6-5-16-10-1-3-13(9-15,4-2-10)7-12(19)20;/h13,19H,4-12,18H2,1-3H3,(H,20,21);10,16H,1-9,15H2,(H,17,18)(H,19,20);1H4. The molecular weight excluding hydrogens is 634 g/mol. The summed E-state index contributed by atoms with van der Waals surface area (Å²) in [6.45, 7) is 8.69. The molecule has 0 spiro atoms. The number of nitrogens with two attached hydrogens (primary N) is 2. The molecule has 2 saturated carbocycles. The average molecular weight is 695 g/mol. The molecule has 44 heavy (non-hydrogen) atoms. The molecular formula is C31H60BrN5O7. The number of alkyl halides is 1. The van der Waals surface area contributed by atoms with Gasteiger partial charge in [-0.15, -0.1) is 0 Å².